The minimum absolute atomic E-state index is 0.434. The predicted molar refractivity (Wildman–Crippen MR) is 122 cm³/mol. The lowest BCUT2D eigenvalue weighted by Gasteiger charge is -2.10. The summed E-state index contributed by atoms with van der Waals surface area (Å²) in [5.41, 5.74) is 10.4. The molecule has 30 heavy (non-hydrogen) atoms. The zero-order valence-electron chi connectivity index (χ0n) is 16.4. The van der Waals surface area contributed by atoms with Crippen molar-refractivity contribution in [2.45, 2.75) is 6.54 Å². The van der Waals surface area contributed by atoms with Crippen molar-refractivity contribution in [1.82, 2.24) is 4.57 Å². The highest BCUT2D eigenvalue weighted by molar-refractivity contribution is 7.13. The summed E-state index contributed by atoms with van der Waals surface area (Å²) in [6.45, 7) is 0.640. The van der Waals surface area contributed by atoms with E-state index >= 15 is 0 Å². The van der Waals surface area contributed by atoms with Gasteiger partial charge in [0.05, 0.1) is 18.1 Å². The van der Waals surface area contributed by atoms with Gasteiger partial charge in [0.2, 0.25) is 5.91 Å². The quantitative estimate of drug-likeness (QED) is 0.416. The Morgan fingerprint density at radius 2 is 1.97 bits per heavy atom. The second-order valence-electron chi connectivity index (χ2n) is 7.13. The maximum Gasteiger partial charge on any atom is 0.249 e. The first kappa shape index (κ1) is 18.5. The summed E-state index contributed by atoms with van der Waals surface area (Å²) in [6.07, 6.45) is 0. The molecule has 0 aliphatic carbocycles. The van der Waals surface area contributed by atoms with Gasteiger partial charge in [0.15, 0.2) is 0 Å². The third-order valence-corrected chi connectivity index (χ3v) is 6.26. The van der Waals surface area contributed by atoms with Crippen molar-refractivity contribution in [3.05, 3.63) is 89.3 Å². The number of nitrogens with two attached hydrogens (primary N) is 1. The van der Waals surface area contributed by atoms with E-state index in [4.69, 9.17) is 10.5 Å². The molecule has 0 unspecified atom stereocenters. The van der Waals surface area contributed by atoms with Crippen LogP contribution in [0.2, 0.25) is 0 Å². The van der Waals surface area contributed by atoms with Gasteiger partial charge in [-0.25, -0.2) is 0 Å². The average Bonchev–Trinajstić information content (AvgIpc) is 3.41. The van der Waals surface area contributed by atoms with E-state index in [0.717, 1.165) is 38.7 Å². The van der Waals surface area contributed by atoms with Gasteiger partial charge in [-0.05, 0) is 65.0 Å². The largest absolute Gasteiger partial charge is 0.497 e. The summed E-state index contributed by atoms with van der Waals surface area (Å²) >= 11 is 1.69. The summed E-state index contributed by atoms with van der Waals surface area (Å²) < 4.78 is 7.61. The first-order valence-electron chi connectivity index (χ1n) is 9.59. The van der Waals surface area contributed by atoms with Gasteiger partial charge in [0.1, 0.15) is 5.75 Å². The maximum absolute atomic E-state index is 12.1. The van der Waals surface area contributed by atoms with Gasteiger partial charge in [0.25, 0.3) is 0 Å². The number of benzene rings is 3. The van der Waals surface area contributed by atoms with E-state index in [0.29, 0.717) is 12.1 Å². The van der Waals surface area contributed by atoms with E-state index in [2.05, 4.69) is 34.2 Å². The third kappa shape index (κ3) is 3.04. The molecule has 2 N–H and O–H groups in total. The number of thiophene rings is 1. The molecule has 5 aromatic rings. The minimum Gasteiger partial charge on any atom is -0.497 e. The number of carbonyl (C=O) groups excluding carboxylic acids is 1. The fourth-order valence-corrected chi connectivity index (χ4v) is 4.68. The first-order chi connectivity index (χ1) is 14.7. The van der Waals surface area contributed by atoms with E-state index in [1.165, 1.54) is 4.88 Å². The van der Waals surface area contributed by atoms with Crippen molar-refractivity contribution in [3.8, 4) is 16.2 Å². The molecule has 0 bridgehead atoms. The Kier molecular flexibility index (Phi) is 4.52. The van der Waals surface area contributed by atoms with Gasteiger partial charge in [0, 0.05) is 27.8 Å². The smallest absolute Gasteiger partial charge is 0.249 e. The fourth-order valence-electron chi connectivity index (χ4n) is 3.97. The van der Waals surface area contributed by atoms with Gasteiger partial charge >= 0.3 is 0 Å². The minimum atomic E-state index is -0.434. The Morgan fingerprint density at radius 3 is 2.73 bits per heavy atom. The molecule has 0 spiro atoms. The van der Waals surface area contributed by atoms with Crippen molar-refractivity contribution in [2.75, 3.05) is 7.11 Å². The number of fused-ring (bicyclic) bond motifs is 3. The molecule has 5 heteroatoms. The molecule has 1 radical (unpaired) electrons. The molecule has 0 atom stereocenters. The predicted octanol–water partition coefficient (Wildman–Crippen LogP) is 5.48. The number of aromatic nitrogens is 1. The molecule has 4 nitrogen and oxygen atoms in total. The number of hydrogen-bond donors (Lipinski definition) is 1. The Balaban J connectivity index is 1.79. The highest BCUT2D eigenvalue weighted by atomic mass is 32.1. The molecule has 147 valence electrons. The topological polar surface area (TPSA) is 57.2 Å². The van der Waals surface area contributed by atoms with Gasteiger partial charge in [-0.3, -0.25) is 4.79 Å². The standard InChI is InChI=1S/C25H19N2O2S/c1-29-18-6-2-5-16(13-18)15-27-21-8-3-7-20(25(26)28)24(21)19-11-10-17(14-22(19)27)23-9-4-12-30-23/h2-10,12-14H,15H2,1H3,(H2,26,28). The molecule has 0 aliphatic rings. The Bertz CT molecular complexity index is 1380. The molecular formula is C25H19N2O2S. The summed E-state index contributed by atoms with van der Waals surface area (Å²) in [6, 6.07) is 25.4. The van der Waals surface area contributed by atoms with Crippen LogP contribution in [0.1, 0.15) is 15.9 Å². The number of nitrogens with zero attached hydrogens (tertiary/aromatic N) is 1. The molecule has 0 saturated heterocycles. The van der Waals surface area contributed by atoms with Crippen LogP contribution in [0.3, 0.4) is 0 Å². The van der Waals surface area contributed by atoms with Crippen LogP contribution in [-0.2, 0) is 6.54 Å². The molecule has 0 aliphatic heterocycles. The van der Waals surface area contributed by atoms with Crippen molar-refractivity contribution in [3.63, 3.8) is 0 Å². The molecule has 2 aromatic heterocycles. The molecule has 1 amide bonds. The van der Waals surface area contributed by atoms with Crippen molar-refractivity contribution in [1.29, 1.82) is 0 Å². The third-order valence-electron chi connectivity index (χ3n) is 5.34. The number of carbonyl (C=O) groups is 1. The van der Waals surface area contributed by atoms with Crippen LogP contribution in [0.5, 0.6) is 5.75 Å². The van der Waals surface area contributed by atoms with Crippen molar-refractivity contribution >= 4 is 39.0 Å². The molecule has 3 aromatic carbocycles. The lowest BCUT2D eigenvalue weighted by molar-refractivity contribution is 0.100. The zero-order valence-corrected chi connectivity index (χ0v) is 17.2. The van der Waals surface area contributed by atoms with E-state index in [1.807, 2.05) is 42.5 Å². The molecule has 2 heterocycles. The lowest BCUT2D eigenvalue weighted by atomic mass is 10.0. The molecule has 5 rings (SSSR count). The number of ether oxygens (including phenoxy) is 1. The number of rotatable bonds is 5. The van der Waals surface area contributed by atoms with Crippen LogP contribution in [-0.4, -0.2) is 17.6 Å². The van der Waals surface area contributed by atoms with Gasteiger partial charge in [-0.15, -0.1) is 11.3 Å². The van der Waals surface area contributed by atoms with Crippen molar-refractivity contribution in [2.24, 2.45) is 5.73 Å². The maximum atomic E-state index is 12.1. The van der Waals surface area contributed by atoms with Gasteiger partial charge in [-0.1, -0.05) is 24.3 Å². The SMILES string of the molecule is COc1cccc(Cn2c3cc(-c4cccs4)c[c]c3c3c(C(N)=O)cccc32)c1. The summed E-state index contributed by atoms with van der Waals surface area (Å²) in [5, 5.41) is 3.82. The van der Waals surface area contributed by atoms with Crippen LogP contribution in [0.15, 0.2) is 72.1 Å². The lowest BCUT2D eigenvalue weighted by Crippen LogP contribution is -2.11. The Labute approximate surface area is 178 Å². The average molecular weight is 412 g/mol. The number of hydrogen-bond acceptors (Lipinski definition) is 3. The monoisotopic (exact) mass is 411 g/mol. The number of methoxy groups -OCH3 is 1. The first-order valence-corrected chi connectivity index (χ1v) is 10.5. The second-order valence-corrected chi connectivity index (χ2v) is 8.08. The Morgan fingerprint density at radius 1 is 1.10 bits per heavy atom. The molecule has 0 saturated carbocycles. The molecular weight excluding hydrogens is 392 g/mol. The van der Waals surface area contributed by atoms with Gasteiger partial charge < -0.3 is 15.0 Å². The fraction of sp³-hybridized carbons (Fsp3) is 0.0800. The zero-order chi connectivity index (χ0) is 20.7. The number of primary amides is 1. The van der Waals surface area contributed by atoms with Crippen LogP contribution in [0, 0.1) is 6.07 Å². The van der Waals surface area contributed by atoms with Crippen molar-refractivity contribution < 1.29 is 9.53 Å². The van der Waals surface area contributed by atoms with E-state index in [1.54, 1.807) is 24.5 Å². The highest BCUT2D eigenvalue weighted by Crippen LogP contribution is 2.35. The second kappa shape index (κ2) is 7.35. The Hall–Kier alpha value is -3.57. The molecule has 0 fully saturated rings. The van der Waals surface area contributed by atoms with Crippen LogP contribution >= 0.6 is 11.3 Å². The summed E-state index contributed by atoms with van der Waals surface area (Å²) in [5.74, 6) is 0.383. The van der Waals surface area contributed by atoms with Gasteiger partial charge in [-0.2, -0.15) is 0 Å². The van der Waals surface area contributed by atoms with Crippen LogP contribution in [0.25, 0.3) is 32.2 Å². The normalized spacial score (nSPS) is 11.2. The van der Waals surface area contributed by atoms with Crippen LogP contribution in [0.4, 0.5) is 0 Å². The number of amides is 1. The van der Waals surface area contributed by atoms with E-state index in [9.17, 15) is 4.79 Å². The van der Waals surface area contributed by atoms with E-state index in [-0.39, 0.29) is 0 Å². The summed E-state index contributed by atoms with van der Waals surface area (Å²) in [7, 11) is 1.67. The van der Waals surface area contributed by atoms with Crippen LogP contribution < -0.4 is 10.5 Å². The summed E-state index contributed by atoms with van der Waals surface area (Å²) in [4.78, 5) is 13.3. The van der Waals surface area contributed by atoms with E-state index < -0.39 is 5.91 Å². The highest BCUT2D eigenvalue weighted by Gasteiger charge is 2.17.